The molecule has 0 unspecified atom stereocenters. The number of nitrogens with zero attached hydrogens (tertiary/aromatic N) is 3. The van der Waals surface area contributed by atoms with Crippen molar-refractivity contribution in [2.24, 2.45) is 23.3 Å². The SMILES string of the molecule is Cn1c(=O)n2n(c1=O)[C@H]1C=C[C@H]2[C@@]23C=C[C@@]12CC1(CC1)C3. The summed E-state index contributed by atoms with van der Waals surface area (Å²) in [4.78, 5) is 25.0. The van der Waals surface area contributed by atoms with Crippen LogP contribution in [-0.2, 0) is 7.05 Å². The van der Waals surface area contributed by atoms with Crippen molar-refractivity contribution in [3.8, 4) is 0 Å². The molecule has 1 aromatic rings. The fourth-order valence-electron chi connectivity index (χ4n) is 5.98. The molecule has 2 aliphatic heterocycles. The third-order valence-corrected chi connectivity index (χ3v) is 7.09. The largest absolute Gasteiger partial charge is 0.347 e. The van der Waals surface area contributed by atoms with E-state index in [9.17, 15) is 9.59 Å². The Hall–Kier alpha value is -1.78. The first-order valence-corrected chi connectivity index (χ1v) is 7.83. The van der Waals surface area contributed by atoms with Crippen LogP contribution in [0.5, 0.6) is 0 Å². The molecule has 2 bridgehead atoms. The normalized spacial score (nSPS) is 45.4. The quantitative estimate of drug-likeness (QED) is 0.670. The Kier molecular flexibility index (Phi) is 1.37. The molecule has 0 radical (unpaired) electrons. The fraction of sp³-hybridized carbons (Fsp3) is 0.625. The molecule has 108 valence electrons. The summed E-state index contributed by atoms with van der Waals surface area (Å²) < 4.78 is 4.72. The second-order valence-electron chi connectivity index (χ2n) is 7.86. The molecule has 6 aliphatic rings. The van der Waals surface area contributed by atoms with Crippen molar-refractivity contribution in [3.05, 3.63) is 45.3 Å². The number of rotatable bonds is 0. The zero-order valence-electron chi connectivity index (χ0n) is 12.0. The van der Waals surface area contributed by atoms with Gasteiger partial charge in [0.05, 0.1) is 12.1 Å². The van der Waals surface area contributed by atoms with Gasteiger partial charge in [-0.2, -0.15) is 0 Å². The molecule has 7 rings (SSSR count). The molecule has 2 saturated carbocycles. The van der Waals surface area contributed by atoms with Crippen molar-refractivity contribution in [1.82, 2.24) is 13.9 Å². The monoisotopic (exact) mass is 283 g/mol. The van der Waals surface area contributed by atoms with E-state index in [1.165, 1.54) is 30.3 Å². The fourth-order valence-corrected chi connectivity index (χ4v) is 5.98. The molecule has 1 aromatic heterocycles. The van der Waals surface area contributed by atoms with Crippen LogP contribution in [-0.4, -0.2) is 13.9 Å². The van der Waals surface area contributed by atoms with E-state index in [1.807, 2.05) is 0 Å². The second kappa shape index (κ2) is 2.64. The van der Waals surface area contributed by atoms with E-state index in [1.54, 1.807) is 16.4 Å². The van der Waals surface area contributed by atoms with Gasteiger partial charge in [-0.05, 0) is 31.1 Å². The Morgan fingerprint density at radius 2 is 1.43 bits per heavy atom. The van der Waals surface area contributed by atoms with Gasteiger partial charge in [0.1, 0.15) is 0 Å². The Morgan fingerprint density at radius 1 is 0.952 bits per heavy atom. The number of allylic oxidation sites excluding steroid dienone is 4. The van der Waals surface area contributed by atoms with Crippen LogP contribution in [0.25, 0.3) is 0 Å². The maximum Gasteiger partial charge on any atom is 0.347 e. The average molecular weight is 283 g/mol. The molecule has 2 fully saturated rings. The molecule has 21 heavy (non-hydrogen) atoms. The lowest BCUT2D eigenvalue weighted by molar-refractivity contribution is -0.0229. The zero-order chi connectivity index (χ0) is 14.2. The summed E-state index contributed by atoms with van der Waals surface area (Å²) in [6.45, 7) is 0. The molecule has 0 amide bonds. The minimum atomic E-state index is -0.167. The van der Waals surface area contributed by atoms with Gasteiger partial charge in [-0.3, -0.25) is 0 Å². The van der Waals surface area contributed by atoms with Crippen molar-refractivity contribution in [1.29, 1.82) is 0 Å². The Labute approximate surface area is 121 Å². The van der Waals surface area contributed by atoms with Gasteiger partial charge in [0, 0.05) is 17.9 Å². The Bertz CT molecular complexity index is 828. The summed E-state index contributed by atoms with van der Waals surface area (Å²) >= 11 is 0. The van der Waals surface area contributed by atoms with Crippen LogP contribution in [0, 0.1) is 16.2 Å². The van der Waals surface area contributed by atoms with Gasteiger partial charge in [0.2, 0.25) is 0 Å². The summed E-state index contributed by atoms with van der Waals surface area (Å²) in [5.74, 6) is 0. The number of hydrogen-bond donors (Lipinski definition) is 0. The molecule has 4 atom stereocenters. The zero-order valence-corrected chi connectivity index (χ0v) is 12.0. The highest BCUT2D eigenvalue weighted by Gasteiger charge is 2.76. The average Bonchev–Trinajstić information content (AvgIpc) is 3.12. The van der Waals surface area contributed by atoms with Crippen LogP contribution in [0.1, 0.15) is 37.8 Å². The van der Waals surface area contributed by atoms with Crippen LogP contribution >= 0.6 is 0 Å². The predicted molar refractivity (Wildman–Crippen MR) is 76.1 cm³/mol. The van der Waals surface area contributed by atoms with Gasteiger partial charge < -0.3 is 0 Å². The van der Waals surface area contributed by atoms with E-state index in [0.29, 0.717) is 5.41 Å². The van der Waals surface area contributed by atoms with Gasteiger partial charge in [-0.1, -0.05) is 24.3 Å². The van der Waals surface area contributed by atoms with Crippen LogP contribution < -0.4 is 11.4 Å². The second-order valence-corrected chi connectivity index (χ2v) is 7.86. The third-order valence-electron chi connectivity index (χ3n) is 7.09. The maximum atomic E-state index is 12.5. The molecule has 0 N–H and O–H groups in total. The summed E-state index contributed by atoms with van der Waals surface area (Å²) in [6, 6.07) is 0.0442. The lowest BCUT2D eigenvalue weighted by Crippen LogP contribution is -2.61. The smallest absolute Gasteiger partial charge is 0.246 e. The van der Waals surface area contributed by atoms with E-state index in [4.69, 9.17) is 0 Å². The summed E-state index contributed by atoms with van der Waals surface area (Å²) in [6.07, 6.45) is 14.1. The summed E-state index contributed by atoms with van der Waals surface area (Å²) in [7, 11) is 1.59. The first kappa shape index (κ1) is 10.9. The summed E-state index contributed by atoms with van der Waals surface area (Å²) in [5, 5.41) is 0. The van der Waals surface area contributed by atoms with Gasteiger partial charge in [-0.25, -0.2) is 23.5 Å². The minimum absolute atomic E-state index is 0.0221. The molecule has 1 spiro atoms. The maximum absolute atomic E-state index is 12.5. The van der Waals surface area contributed by atoms with E-state index >= 15 is 0 Å². The van der Waals surface area contributed by atoms with Gasteiger partial charge in [0.25, 0.3) is 0 Å². The molecular formula is C16H17N3O2. The predicted octanol–water partition coefficient (Wildman–Crippen LogP) is 1.13. The minimum Gasteiger partial charge on any atom is -0.246 e. The highest BCUT2D eigenvalue weighted by molar-refractivity contribution is 5.44. The molecular weight excluding hydrogens is 266 g/mol. The van der Waals surface area contributed by atoms with Crippen molar-refractivity contribution in [2.75, 3.05) is 0 Å². The lowest BCUT2D eigenvalue weighted by Gasteiger charge is -2.61. The van der Waals surface area contributed by atoms with Crippen molar-refractivity contribution >= 4 is 0 Å². The van der Waals surface area contributed by atoms with Crippen LogP contribution in [0.15, 0.2) is 33.9 Å². The lowest BCUT2D eigenvalue weighted by atomic mass is 9.48. The molecule has 0 saturated heterocycles. The van der Waals surface area contributed by atoms with E-state index in [0.717, 1.165) is 0 Å². The van der Waals surface area contributed by atoms with Crippen LogP contribution in [0.4, 0.5) is 0 Å². The number of aromatic nitrogens is 3. The van der Waals surface area contributed by atoms with Crippen molar-refractivity contribution < 1.29 is 0 Å². The molecule has 4 aliphatic carbocycles. The van der Waals surface area contributed by atoms with Gasteiger partial charge >= 0.3 is 11.4 Å². The van der Waals surface area contributed by atoms with Crippen molar-refractivity contribution in [2.45, 2.75) is 37.8 Å². The van der Waals surface area contributed by atoms with Crippen LogP contribution in [0.2, 0.25) is 0 Å². The molecule has 0 aromatic carbocycles. The van der Waals surface area contributed by atoms with Crippen molar-refractivity contribution in [3.63, 3.8) is 0 Å². The Balaban J connectivity index is 1.72. The first-order chi connectivity index (χ1) is 10.0. The standard InChI is InChI=1S/C16H17N3O2/c1-17-12(20)18-10-2-3-11(19(18)13(17)21)16-7-6-15(10,16)8-14(9-16)4-5-14/h2-3,6-7,10-11H,4-5,8-9H2,1H3/t10-,11-,15-,16+/m0/s1. The summed E-state index contributed by atoms with van der Waals surface area (Å²) in [5.41, 5.74) is 0.324. The molecule has 5 heteroatoms. The van der Waals surface area contributed by atoms with Gasteiger partial charge in [0.15, 0.2) is 0 Å². The first-order valence-electron chi connectivity index (χ1n) is 7.83. The highest BCUT2D eigenvalue weighted by Crippen LogP contribution is 2.82. The number of hydrogen-bond acceptors (Lipinski definition) is 2. The van der Waals surface area contributed by atoms with E-state index < -0.39 is 0 Å². The topological polar surface area (TPSA) is 48.9 Å². The Morgan fingerprint density at radius 3 is 1.81 bits per heavy atom. The molecule has 3 heterocycles. The van der Waals surface area contributed by atoms with Crippen LogP contribution in [0.3, 0.4) is 0 Å². The van der Waals surface area contributed by atoms with Gasteiger partial charge in [-0.15, -0.1) is 0 Å². The van der Waals surface area contributed by atoms with E-state index in [-0.39, 0.29) is 34.3 Å². The highest BCUT2D eigenvalue weighted by atomic mass is 16.2. The van der Waals surface area contributed by atoms with E-state index in [2.05, 4.69) is 24.3 Å². The third kappa shape index (κ3) is 0.825. The molecule has 5 nitrogen and oxygen atoms in total.